The Balaban J connectivity index is 0.00000161. The molecule has 0 spiro atoms. The molecule has 1 aliphatic heterocycles. The van der Waals surface area contributed by atoms with Gasteiger partial charge in [-0.15, -0.1) is 23.7 Å². The molecule has 0 amide bonds. The molecule has 21 heavy (non-hydrogen) atoms. The van der Waals surface area contributed by atoms with Gasteiger partial charge in [-0.2, -0.15) is 0 Å². The second-order valence-electron chi connectivity index (χ2n) is 5.23. The van der Waals surface area contributed by atoms with Crippen molar-refractivity contribution in [2.45, 2.75) is 12.5 Å². The molecule has 1 atom stereocenters. The first-order chi connectivity index (χ1) is 9.74. The fourth-order valence-electron chi connectivity index (χ4n) is 2.68. The molecule has 1 fully saturated rings. The topological polar surface area (TPSA) is 35.5 Å². The lowest BCUT2D eigenvalue weighted by molar-refractivity contribution is 0.138. The number of aliphatic hydroxyl groups excluding tert-OH is 1. The average Bonchev–Trinajstić information content (AvgIpc) is 2.89. The molecule has 2 N–H and O–H groups in total. The Morgan fingerprint density at radius 2 is 2.10 bits per heavy atom. The van der Waals surface area contributed by atoms with E-state index in [0.717, 1.165) is 59.8 Å². The highest BCUT2D eigenvalue weighted by molar-refractivity contribution is 7.17. The summed E-state index contributed by atoms with van der Waals surface area (Å²) in [5.74, 6) is 0. The second-order valence-corrected chi connectivity index (χ2v) is 6.58. The summed E-state index contributed by atoms with van der Waals surface area (Å²) >= 11 is 7.65. The summed E-state index contributed by atoms with van der Waals surface area (Å²) < 4.78 is 1.15. The fraction of sp³-hybridized carbons (Fsp3) is 0.467. The van der Waals surface area contributed by atoms with Crippen molar-refractivity contribution in [3.8, 4) is 0 Å². The van der Waals surface area contributed by atoms with Crippen molar-refractivity contribution in [3.63, 3.8) is 0 Å². The van der Waals surface area contributed by atoms with Crippen LogP contribution in [0.15, 0.2) is 23.6 Å². The third-order valence-corrected chi connectivity index (χ3v) is 5.05. The molecule has 1 unspecified atom stereocenters. The van der Waals surface area contributed by atoms with Crippen molar-refractivity contribution >= 4 is 45.4 Å². The fourth-order valence-corrected chi connectivity index (χ4v) is 3.96. The van der Waals surface area contributed by atoms with Gasteiger partial charge in [0.05, 0.1) is 6.10 Å². The van der Waals surface area contributed by atoms with Gasteiger partial charge in [0.1, 0.15) is 0 Å². The minimum atomic E-state index is -0.389. The molecule has 0 saturated carbocycles. The number of rotatable bonds is 4. The van der Waals surface area contributed by atoms with E-state index in [4.69, 9.17) is 11.6 Å². The van der Waals surface area contributed by atoms with Gasteiger partial charge in [-0.25, -0.2) is 0 Å². The highest BCUT2D eigenvalue weighted by atomic mass is 35.5. The largest absolute Gasteiger partial charge is 0.388 e. The maximum atomic E-state index is 10.4. The van der Waals surface area contributed by atoms with E-state index in [9.17, 15) is 5.11 Å². The first kappa shape index (κ1) is 17.0. The van der Waals surface area contributed by atoms with Gasteiger partial charge in [0.25, 0.3) is 0 Å². The van der Waals surface area contributed by atoms with Crippen LogP contribution in [-0.2, 0) is 0 Å². The summed E-state index contributed by atoms with van der Waals surface area (Å²) in [5, 5.41) is 17.7. The number of thiophene rings is 1. The summed E-state index contributed by atoms with van der Waals surface area (Å²) in [6.45, 7) is 5.21. The first-order valence-electron chi connectivity index (χ1n) is 7.02. The molecule has 6 heteroatoms. The van der Waals surface area contributed by atoms with Crippen LogP contribution in [0.25, 0.3) is 10.1 Å². The lowest BCUT2D eigenvalue weighted by Gasteiger charge is -2.27. The molecule has 3 rings (SSSR count). The van der Waals surface area contributed by atoms with Gasteiger partial charge in [0, 0.05) is 42.4 Å². The molecule has 116 valence electrons. The van der Waals surface area contributed by atoms with Crippen molar-refractivity contribution in [2.24, 2.45) is 0 Å². The van der Waals surface area contributed by atoms with E-state index >= 15 is 0 Å². The van der Waals surface area contributed by atoms with Crippen LogP contribution in [0, 0.1) is 0 Å². The average molecular weight is 347 g/mol. The summed E-state index contributed by atoms with van der Waals surface area (Å²) in [7, 11) is 0. The Morgan fingerprint density at radius 3 is 2.86 bits per heavy atom. The number of fused-ring (bicyclic) bond motifs is 1. The number of hydrogen-bond donors (Lipinski definition) is 2. The molecular weight excluding hydrogens is 327 g/mol. The van der Waals surface area contributed by atoms with Gasteiger partial charge in [-0.05, 0) is 34.9 Å². The molecule has 1 aromatic heterocycles. The van der Waals surface area contributed by atoms with Gasteiger partial charge >= 0.3 is 0 Å². The van der Waals surface area contributed by atoms with Crippen LogP contribution in [0.1, 0.15) is 18.1 Å². The predicted molar refractivity (Wildman–Crippen MR) is 93.0 cm³/mol. The third-order valence-electron chi connectivity index (χ3n) is 3.85. The number of nitrogens with one attached hydrogen (secondary N) is 1. The highest BCUT2D eigenvalue weighted by Gasteiger charge is 2.16. The van der Waals surface area contributed by atoms with E-state index in [1.165, 1.54) is 0 Å². The minimum absolute atomic E-state index is 0. The van der Waals surface area contributed by atoms with Crippen molar-refractivity contribution in [1.29, 1.82) is 0 Å². The van der Waals surface area contributed by atoms with Crippen LogP contribution in [0.4, 0.5) is 0 Å². The molecule has 2 aromatic rings. The quantitative estimate of drug-likeness (QED) is 0.891. The van der Waals surface area contributed by atoms with Crippen LogP contribution >= 0.6 is 35.3 Å². The predicted octanol–water partition coefficient (Wildman–Crippen LogP) is 3.31. The Morgan fingerprint density at radius 1 is 1.33 bits per heavy atom. The van der Waals surface area contributed by atoms with Gasteiger partial charge in [-0.3, -0.25) is 0 Å². The van der Waals surface area contributed by atoms with E-state index in [0.29, 0.717) is 0 Å². The van der Waals surface area contributed by atoms with Crippen molar-refractivity contribution in [1.82, 2.24) is 10.2 Å². The number of piperazine rings is 1. The number of nitrogens with zero attached hydrogens (tertiary/aromatic N) is 1. The van der Waals surface area contributed by atoms with Gasteiger partial charge in [0.15, 0.2) is 0 Å². The Labute approximate surface area is 140 Å². The monoisotopic (exact) mass is 346 g/mol. The Bertz CT molecular complexity index is 584. The number of benzene rings is 1. The van der Waals surface area contributed by atoms with E-state index in [1.807, 2.05) is 18.2 Å². The SMILES string of the molecule is Cl.OC(CCN1CCNCC1)c1csc2cc(Cl)ccc12. The van der Waals surface area contributed by atoms with E-state index in [-0.39, 0.29) is 18.5 Å². The van der Waals surface area contributed by atoms with Gasteiger partial charge in [-0.1, -0.05) is 17.7 Å². The summed E-state index contributed by atoms with van der Waals surface area (Å²) in [6, 6.07) is 5.87. The van der Waals surface area contributed by atoms with Crippen LogP contribution in [-0.4, -0.2) is 42.7 Å². The molecule has 0 aliphatic carbocycles. The van der Waals surface area contributed by atoms with Crippen LogP contribution < -0.4 is 5.32 Å². The zero-order valence-corrected chi connectivity index (χ0v) is 14.1. The van der Waals surface area contributed by atoms with E-state index < -0.39 is 0 Å². The molecule has 1 saturated heterocycles. The first-order valence-corrected chi connectivity index (χ1v) is 8.27. The molecule has 1 aromatic carbocycles. The zero-order chi connectivity index (χ0) is 13.9. The smallest absolute Gasteiger partial charge is 0.0816 e. The van der Waals surface area contributed by atoms with E-state index in [1.54, 1.807) is 11.3 Å². The number of halogens is 2. The van der Waals surface area contributed by atoms with Crippen molar-refractivity contribution < 1.29 is 5.11 Å². The highest BCUT2D eigenvalue weighted by Crippen LogP contribution is 2.33. The second kappa shape index (κ2) is 7.77. The summed E-state index contributed by atoms with van der Waals surface area (Å²) in [5.41, 5.74) is 1.04. The standard InChI is InChI=1S/C15H19ClN2OS.ClH/c16-11-1-2-12-13(10-20-15(12)9-11)14(19)3-6-18-7-4-17-5-8-18;/h1-2,9-10,14,17,19H,3-8H2;1H. The van der Waals surface area contributed by atoms with E-state index in [2.05, 4.69) is 15.6 Å². The lowest BCUT2D eigenvalue weighted by Crippen LogP contribution is -2.44. The number of aliphatic hydroxyl groups is 1. The molecule has 0 bridgehead atoms. The number of hydrogen-bond acceptors (Lipinski definition) is 4. The summed E-state index contributed by atoms with van der Waals surface area (Å²) in [6.07, 6.45) is 0.397. The molecule has 1 aliphatic rings. The third kappa shape index (κ3) is 4.09. The molecule has 3 nitrogen and oxygen atoms in total. The minimum Gasteiger partial charge on any atom is -0.388 e. The van der Waals surface area contributed by atoms with Crippen LogP contribution in [0.3, 0.4) is 0 Å². The molecular formula is C15H20Cl2N2OS. The normalized spacial score (nSPS) is 17.6. The van der Waals surface area contributed by atoms with Crippen molar-refractivity contribution in [2.75, 3.05) is 32.7 Å². The van der Waals surface area contributed by atoms with Crippen molar-refractivity contribution in [3.05, 3.63) is 34.2 Å². The van der Waals surface area contributed by atoms with Gasteiger partial charge in [0.2, 0.25) is 0 Å². The zero-order valence-electron chi connectivity index (χ0n) is 11.7. The maximum absolute atomic E-state index is 10.4. The maximum Gasteiger partial charge on any atom is 0.0816 e. The van der Waals surface area contributed by atoms with Crippen LogP contribution in [0.2, 0.25) is 5.02 Å². The Hall–Kier alpha value is -0.360. The van der Waals surface area contributed by atoms with Gasteiger partial charge < -0.3 is 15.3 Å². The Kier molecular flexibility index (Phi) is 6.29. The molecule has 2 heterocycles. The van der Waals surface area contributed by atoms with Crippen LogP contribution in [0.5, 0.6) is 0 Å². The lowest BCUT2D eigenvalue weighted by atomic mass is 10.1. The molecule has 0 radical (unpaired) electrons. The summed E-state index contributed by atoms with van der Waals surface area (Å²) in [4.78, 5) is 2.41.